The van der Waals surface area contributed by atoms with Crippen LogP contribution in [-0.4, -0.2) is 0 Å². The second kappa shape index (κ2) is 13.7. The van der Waals surface area contributed by atoms with E-state index in [0.717, 1.165) is 55.5 Å². The second-order valence-corrected chi connectivity index (χ2v) is 16.8. The molecule has 12 rings (SSSR count). The van der Waals surface area contributed by atoms with Crippen LogP contribution in [0.2, 0.25) is 0 Å². The van der Waals surface area contributed by atoms with Gasteiger partial charge in [0.25, 0.3) is 0 Å². The summed E-state index contributed by atoms with van der Waals surface area (Å²) in [6.07, 6.45) is 0. The maximum absolute atomic E-state index is 7.42. The molecule has 0 aliphatic heterocycles. The fourth-order valence-electron chi connectivity index (χ4n) is 10.1. The van der Waals surface area contributed by atoms with Crippen molar-refractivity contribution in [1.29, 1.82) is 0 Å². The topological polar surface area (TPSA) is 16.4 Å². The molecule has 2 nitrogen and oxygen atoms in total. The molecule has 1 aliphatic rings. The highest BCUT2D eigenvalue weighted by Gasteiger charge is 2.36. The normalized spacial score (nSPS) is 12.9. The van der Waals surface area contributed by atoms with Gasteiger partial charge >= 0.3 is 0 Å². The zero-order chi connectivity index (χ0) is 40.7. The van der Waals surface area contributed by atoms with Crippen LogP contribution in [0, 0.1) is 0 Å². The molecule has 0 unspecified atom stereocenters. The molecule has 1 aromatic heterocycles. The Labute approximate surface area is 355 Å². The molecule has 0 spiro atoms. The van der Waals surface area contributed by atoms with Gasteiger partial charge in [0.1, 0.15) is 5.58 Å². The molecule has 2 heteroatoms. The van der Waals surface area contributed by atoms with E-state index in [2.05, 4.69) is 231 Å². The summed E-state index contributed by atoms with van der Waals surface area (Å²) in [4.78, 5) is 2.41. The van der Waals surface area contributed by atoms with E-state index in [0.29, 0.717) is 0 Å². The molecule has 0 amide bonds. The average molecular weight is 780 g/mol. The van der Waals surface area contributed by atoms with Gasteiger partial charge in [0, 0.05) is 32.9 Å². The predicted octanol–water partition coefficient (Wildman–Crippen LogP) is 16.7. The lowest BCUT2D eigenvalue weighted by Crippen LogP contribution is -2.16. The largest absolute Gasteiger partial charge is 0.453 e. The van der Waals surface area contributed by atoms with Gasteiger partial charge in [0.2, 0.25) is 0 Å². The van der Waals surface area contributed by atoms with Crippen molar-refractivity contribution in [1.82, 2.24) is 0 Å². The van der Waals surface area contributed by atoms with Crippen molar-refractivity contribution in [3.8, 4) is 44.5 Å². The highest BCUT2D eigenvalue weighted by molar-refractivity contribution is 6.33. The first kappa shape index (κ1) is 35.3. The molecule has 0 bridgehead atoms. The molecule has 0 atom stereocenters. The summed E-state index contributed by atoms with van der Waals surface area (Å²) in [5.41, 5.74) is 17.1. The standard InChI is InChI=1S/C59H41NO/c1-59(2)52-24-14-13-21-48(52)49-34-33-44(37-53(49)59)60(43-31-29-41(30-32-43)39-17-7-4-8-18-39)54-36-35-45(42-27-25-40(26-28-42)38-15-5-3-6-16-38)55-56-50-22-11-9-19-46(50)47-20-10-12-23-51(47)57(56)61-58(54)55/h3-37H,1-2H3. The highest BCUT2D eigenvalue weighted by Crippen LogP contribution is 2.53. The van der Waals surface area contributed by atoms with Crippen LogP contribution in [0.3, 0.4) is 0 Å². The van der Waals surface area contributed by atoms with Crippen molar-refractivity contribution in [2.24, 2.45) is 0 Å². The van der Waals surface area contributed by atoms with Crippen LogP contribution in [0.4, 0.5) is 17.1 Å². The lowest BCUT2D eigenvalue weighted by Gasteiger charge is -2.28. The van der Waals surface area contributed by atoms with Gasteiger partial charge < -0.3 is 9.32 Å². The quantitative estimate of drug-likeness (QED) is 0.156. The molecule has 0 saturated carbocycles. The summed E-state index contributed by atoms with van der Waals surface area (Å²) < 4.78 is 7.42. The Hall–Kier alpha value is -7.68. The zero-order valence-electron chi connectivity index (χ0n) is 34.1. The van der Waals surface area contributed by atoms with E-state index in [-0.39, 0.29) is 5.41 Å². The van der Waals surface area contributed by atoms with Gasteiger partial charge in [-0.25, -0.2) is 0 Å². The fraction of sp³-hybridized carbons (Fsp3) is 0.0508. The van der Waals surface area contributed by atoms with Crippen molar-refractivity contribution in [2.75, 3.05) is 4.90 Å². The third-order valence-corrected chi connectivity index (χ3v) is 13.1. The van der Waals surface area contributed by atoms with Gasteiger partial charge in [-0.05, 0) is 102 Å². The molecular formula is C59H41NO. The van der Waals surface area contributed by atoms with Gasteiger partial charge in [-0.1, -0.05) is 196 Å². The molecule has 0 fully saturated rings. The summed E-state index contributed by atoms with van der Waals surface area (Å²) in [7, 11) is 0. The maximum atomic E-state index is 7.42. The summed E-state index contributed by atoms with van der Waals surface area (Å²) in [6, 6.07) is 77.2. The SMILES string of the molecule is CC1(C)c2ccccc2-c2ccc(N(c3ccc(-c4ccccc4)cc3)c3ccc(-c4ccc(-c5ccccc5)cc4)c4c3oc3c5ccccc5c5ccccc5c34)cc21. The van der Waals surface area contributed by atoms with E-state index in [1.165, 1.54) is 60.7 Å². The summed E-state index contributed by atoms with van der Waals surface area (Å²) in [5.74, 6) is 0. The van der Waals surface area contributed by atoms with E-state index < -0.39 is 0 Å². The molecule has 11 aromatic rings. The van der Waals surface area contributed by atoms with Gasteiger partial charge in [0.15, 0.2) is 5.58 Å². The van der Waals surface area contributed by atoms with Crippen LogP contribution < -0.4 is 4.90 Å². The Balaban J connectivity index is 1.15. The number of fused-ring (bicyclic) bond motifs is 11. The number of rotatable bonds is 6. The molecule has 61 heavy (non-hydrogen) atoms. The van der Waals surface area contributed by atoms with E-state index in [4.69, 9.17) is 4.42 Å². The lowest BCUT2D eigenvalue weighted by molar-refractivity contribution is 0.660. The van der Waals surface area contributed by atoms with Gasteiger partial charge in [-0.2, -0.15) is 0 Å². The van der Waals surface area contributed by atoms with Gasteiger partial charge in [0.05, 0.1) is 5.69 Å². The molecule has 1 aliphatic carbocycles. The highest BCUT2D eigenvalue weighted by atomic mass is 16.3. The monoisotopic (exact) mass is 779 g/mol. The Kier molecular flexibility index (Phi) is 7.92. The third-order valence-electron chi connectivity index (χ3n) is 13.1. The Morgan fingerprint density at radius 1 is 0.344 bits per heavy atom. The summed E-state index contributed by atoms with van der Waals surface area (Å²) in [6.45, 7) is 4.71. The number of nitrogens with zero attached hydrogens (tertiary/aromatic N) is 1. The van der Waals surface area contributed by atoms with Gasteiger partial charge in [-0.3, -0.25) is 0 Å². The Bertz CT molecular complexity index is 3470. The van der Waals surface area contributed by atoms with Crippen molar-refractivity contribution in [3.05, 3.63) is 223 Å². The molecule has 0 saturated heterocycles. The van der Waals surface area contributed by atoms with Gasteiger partial charge in [-0.15, -0.1) is 0 Å². The number of benzene rings is 10. The number of hydrogen-bond acceptors (Lipinski definition) is 2. The molecular weight excluding hydrogens is 739 g/mol. The zero-order valence-corrected chi connectivity index (χ0v) is 34.1. The molecule has 0 radical (unpaired) electrons. The maximum Gasteiger partial charge on any atom is 0.160 e. The van der Waals surface area contributed by atoms with Crippen molar-refractivity contribution < 1.29 is 4.42 Å². The van der Waals surface area contributed by atoms with E-state index in [9.17, 15) is 0 Å². The first-order chi connectivity index (χ1) is 30.0. The first-order valence-corrected chi connectivity index (χ1v) is 21.2. The van der Waals surface area contributed by atoms with Crippen LogP contribution in [0.25, 0.3) is 88.0 Å². The van der Waals surface area contributed by atoms with E-state index in [1.807, 2.05) is 0 Å². The first-order valence-electron chi connectivity index (χ1n) is 21.2. The molecule has 10 aromatic carbocycles. The predicted molar refractivity (Wildman–Crippen MR) is 257 cm³/mol. The van der Waals surface area contributed by atoms with Crippen LogP contribution in [0.15, 0.2) is 217 Å². The smallest absolute Gasteiger partial charge is 0.160 e. The van der Waals surface area contributed by atoms with Crippen LogP contribution in [0.5, 0.6) is 0 Å². The number of anilines is 3. The van der Waals surface area contributed by atoms with Crippen LogP contribution in [-0.2, 0) is 5.41 Å². The van der Waals surface area contributed by atoms with E-state index in [1.54, 1.807) is 0 Å². The van der Waals surface area contributed by atoms with Crippen molar-refractivity contribution in [3.63, 3.8) is 0 Å². The minimum Gasteiger partial charge on any atom is -0.453 e. The minimum atomic E-state index is -0.160. The molecule has 0 N–H and O–H groups in total. The molecule has 288 valence electrons. The summed E-state index contributed by atoms with van der Waals surface area (Å²) >= 11 is 0. The van der Waals surface area contributed by atoms with E-state index >= 15 is 0 Å². The Morgan fingerprint density at radius 3 is 1.52 bits per heavy atom. The van der Waals surface area contributed by atoms with Crippen LogP contribution in [0.1, 0.15) is 25.0 Å². The van der Waals surface area contributed by atoms with Crippen molar-refractivity contribution >= 4 is 60.5 Å². The van der Waals surface area contributed by atoms with Crippen LogP contribution >= 0.6 is 0 Å². The van der Waals surface area contributed by atoms with Crippen molar-refractivity contribution in [2.45, 2.75) is 19.3 Å². The molecule has 1 heterocycles. The minimum absolute atomic E-state index is 0.160. The third kappa shape index (κ3) is 5.49. The number of furan rings is 1. The Morgan fingerprint density at radius 2 is 0.836 bits per heavy atom. The summed E-state index contributed by atoms with van der Waals surface area (Å²) in [5, 5.41) is 6.95. The number of hydrogen-bond donors (Lipinski definition) is 0. The fourth-order valence-corrected chi connectivity index (χ4v) is 10.1. The second-order valence-electron chi connectivity index (χ2n) is 16.8. The average Bonchev–Trinajstić information content (AvgIpc) is 3.84. The lowest BCUT2D eigenvalue weighted by atomic mass is 9.82.